The van der Waals surface area contributed by atoms with Gasteiger partial charge < -0.3 is 10.1 Å². The molecule has 8 heteroatoms. The predicted octanol–water partition coefficient (Wildman–Crippen LogP) is 5.58. The van der Waals surface area contributed by atoms with Crippen LogP contribution in [0.2, 0.25) is 0 Å². The van der Waals surface area contributed by atoms with Crippen LogP contribution in [0.3, 0.4) is 0 Å². The summed E-state index contributed by atoms with van der Waals surface area (Å²) >= 11 is 2.63. The van der Waals surface area contributed by atoms with E-state index >= 15 is 0 Å². The summed E-state index contributed by atoms with van der Waals surface area (Å²) in [5.74, 6) is -0.700. The first-order valence-electron chi connectivity index (χ1n) is 8.37. The molecule has 0 unspecified atom stereocenters. The highest BCUT2D eigenvalue weighted by molar-refractivity contribution is 7.22. The molecular weight excluding hydrogens is 385 g/mol. The van der Waals surface area contributed by atoms with E-state index in [4.69, 9.17) is 4.74 Å². The van der Waals surface area contributed by atoms with Crippen molar-refractivity contribution >= 4 is 59.9 Å². The van der Waals surface area contributed by atoms with Gasteiger partial charge in [0.25, 0.3) is 0 Å². The second-order valence-corrected chi connectivity index (χ2v) is 8.07. The zero-order chi connectivity index (χ0) is 19.1. The van der Waals surface area contributed by atoms with Crippen LogP contribution in [0.1, 0.15) is 27.9 Å². The minimum absolute atomic E-state index is 0.290. The number of anilines is 2. The van der Waals surface area contributed by atoms with E-state index in [0.717, 1.165) is 26.2 Å². The van der Waals surface area contributed by atoms with E-state index in [1.807, 2.05) is 19.9 Å². The van der Waals surface area contributed by atoms with Crippen LogP contribution in [0.15, 0.2) is 24.3 Å². The van der Waals surface area contributed by atoms with Gasteiger partial charge in [0.15, 0.2) is 5.13 Å². The van der Waals surface area contributed by atoms with E-state index in [9.17, 15) is 9.18 Å². The number of halogens is 1. The Balaban J connectivity index is 1.87. The van der Waals surface area contributed by atoms with Crippen molar-refractivity contribution in [3.05, 3.63) is 46.2 Å². The highest BCUT2D eigenvalue weighted by Gasteiger charge is 2.23. The number of thiazole rings is 1. The first kappa shape index (κ1) is 17.8. The van der Waals surface area contributed by atoms with Gasteiger partial charge in [-0.15, -0.1) is 11.3 Å². The molecule has 0 saturated carbocycles. The Morgan fingerprint density at radius 1 is 1.22 bits per heavy atom. The summed E-state index contributed by atoms with van der Waals surface area (Å²) in [5, 5.41) is 4.72. The molecule has 0 fully saturated rings. The molecule has 0 radical (unpaired) electrons. The molecule has 4 aromatic rings. The van der Waals surface area contributed by atoms with Crippen LogP contribution in [0, 0.1) is 19.7 Å². The molecule has 4 rings (SSSR count). The molecule has 0 amide bonds. The number of carbonyl (C=O) groups is 1. The molecular formula is C19H16FN3O2S2. The lowest BCUT2D eigenvalue weighted by Gasteiger charge is -2.07. The van der Waals surface area contributed by atoms with Crippen LogP contribution in [0.4, 0.5) is 15.2 Å². The van der Waals surface area contributed by atoms with Gasteiger partial charge in [0.2, 0.25) is 0 Å². The molecule has 0 bridgehead atoms. The Hall–Kier alpha value is -2.58. The molecule has 0 aliphatic rings. The number of rotatable bonds is 4. The highest BCUT2D eigenvalue weighted by atomic mass is 32.1. The van der Waals surface area contributed by atoms with Gasteiger partial charge in [0.1, 0.15) is 15.5 Å². The zero-order valence-corrected chi connectivity index (χ0v) is 16.6. The van der Waals surface area contributed by atoms with Crippen molar-refractivity contribution in [3.63, 3.8) is 0 Å². The Labute approximate surface area is 162 Å². The smallest absolute Gasteiger partial charge is 0.350 e. The van der Waals surface area contributed by atoms with Crippen LogP contribution in [0.25, 0.3) is 20.4 Å². The van der Waals surface area contributed by atoms with Crippen molar-refractivity contribution in [2.24, 2.45) is 0 Å². The third-order valence-electron chi connectivity index (χ3n) is 4.03. The number of thiophene rings is 1. The van der Waals surface area contributed by atoms with Crippen molar-refractivity contribution in [1.82, 2.24) is 9.97 Å². The molecule has 3 aromatic heterocycles. The standard InChI is InChI=1S/C19H16FN3O2S2/c1-4-25-18(24)16-15(14-9(2)7-10(3)21-17(14)27-16)23-19-22-12-6-5-11(20)8-13(12)26-19/h5-8H,4H2,1-3H3,(H,22,23). The van der Waals surface area contributed by atoms with Crippen LogP contribution in [-0.2, 0) is 4.74 Å². The van der Waals surface area contributed by atoms with Crippen LogP contribution < -0.4 is 5.32 Å². The van der Waals surface area contributed by atoms with Crippen molar-refractivity contribution < 1.29 is 13.9 Å². The second-order valence-electron chi connectivity index (χ2n) is 6.04. The lowest BCUT2D eigenvalue weighted by Crippen LogP contribution is -2.05. The fraction of sp³-hybridized carbons (Fsp3) is 0.211. The van der Waals surface area contributed by atoms with Crippen molar-refractivity contribution in [1.29, 1.82) is 0 Å². The summed E-state index contributed by atoms with van der Waals surface area (Å²) in [5.41, 5.74) is 3.24. The lowest BCUT2D eigenvalue weighted by atomic mass is 10.1. The third kappa shape index (κ3) is 3.26. The van der Waals surface area contributed by atoms with Crippen molar-refractivity contribution in [3.8, 4) is 0 Å². The molecule has 138 valence electrons. The summed E-state index contributed by atoms with van der Waals surface area (Å²) in [7, 11) is 0. The molecule has 3 heterocycles. The van der Waals surface area contributed by atoms with Gasteiger partial charge in [-0.1, -0.05) is 11.3 Å². The summed E-state index contributed by atoms with van der Waals surface area (Å²) < 4.78 is 19.4. The maximum Gasteiger partial charge on any atom is 0.350 e. The highest BCUT2D eigenvalue weighted by Crippen LogP contribution is 2.40. The molecule has 1 aromatic carbocycles. The quantitative estimate of drug-likeness (QED) is 0.452. The molecule has 0 aliphatic heterocycles. The fourth-order valence-electron chi connectivity index (χ4n) is 2.96. The van der Waals surface area contributed by atoms with E-state index in [1.54, 1.807) is 13.0 Å². The number of fused-ring (bicyclic) bond motifs is 2. The van der Waals surface area contributed by atoms with E-state index in [2.05, 4.69) is 15.3 Å². The Morgan fingerprint density at radius 3 is 2.81 bits per heavy atom. The average molecular weight is 401 g/mol. The van der Waals surface area contributed by atoms with Gasteiger partial charge in [-0.25, -0.2) is 19.2 Å². The molecule has 0 atom stereocenters. The number of ether oxygens (including phenoxy) is 1. The van der Waals surface area contributed by atoms with Crippen LogP contribution in [0.5, 0.6) is 0 Å². The number of carbonyl (C=O) groups excluding carboxylic acids is 1. The van der Waals surface area contributed by atoms with Crippen molar-refractivity contribution in [2.75, 3.05) is 11.9 Å². The first-order valence-corrected chi connectivity index (χ1v) is 10.0. The molecule has 0 saturated heterocycles. The number of esters is 1. The maximum atomic E-state index is 13.5. The molecule has 5 nitrogen and oxygen atoms in total. The lowest BCUT2D eigenvalue weighted by molar-refractivity contribution is 0.0533. The number of aryl methyl sites for hydroxylation is 2. The predicted molar refractivity (Wildman–Crippen MR) is 108 cm³/mol. The fourth-order valence-corrected chi connectivity index (χ4v) is 5.00. The number of hydrogen-bond acceptors (Lipinski definition) is 7. The van der Waals surface area contributed by atoms with Gasteiger partial charge in [0.05, 0.1) is 22.5 Å². The number of aromatic nitrogens is 2. The van der Waals surface area contributed by atoms with Gasteiger partial charge in [-0.05, 0) is 50.6 Å². The van der Waals surface area contributed by atoms with Gasteiger partial charge >= 0.3 is 5.97 Å². The Morgan fingerprint density at radius 2 is 2.04 bits per heavy atom. The average Bonchev–Trinajstić information content (AvgIpc) is 3.16. The van der Waals surface area contributed by atoms with Crippen molar-refractivity contribution in [2.45, 2.75) is 20.8 Å². The number of benzene rings is 1. The Kier molecular flexibility index (Phi) is 4.53. The van der Waals surface area contributed by atoms with Gasteiger partial charge in [-0.3, -0.25) is 0 Å². The topological polar surface area (TPSA) is 64.1 Å². The molecule has 1 N–H and O–H groups in total. The number of hydrogen-bond donors (Lipinski definition) is 1. The number of nitrogens with one attached hydrogen (secondary N) is 1. The van der Waals surface area contributed by atoms with Gasteiger partial charge in [-0.2, -0.15) is 0 Å². The summed E-state index contributed by atoms with van der Waals surface area (Å²) in [6.07, 6.45) is 0. The molecule has 0 aliphatic carbocycles. The number of nitrogens with zero attached hydrogens (tertiary/aromatic N) is 2. The normalized spacial score (nSPS) is 11.3. The van der Waals surface area contributed by atoms with E-state index in [0.29, 0.717) is 27.8 Å². The molecule has 0 spiro atoms. The summed E-state index contributed by atoms with van der Waals surface area (Å²) in [4.78, 5) is 22.8. The first-order chi connectivity index (χ1) is 13.0. The monoisotopic (exact) mass is 401 g/mol. The Bertz CT molecular complexity index is 1180. The minimum Gasteiger partial charge on any atom is -0.462 e. The minimum atomic E-state index is -0.396. The largest absolute Gasteiger partial charge is 0.462 e. The second kappa shape index (κ2) is 6.86. The SMILES string of the molecule is CCOC(=O)c1sc2nc(C)cc(C)c2c1Nc1nc2ccc(F)cc2s1. The third-order valence-corrected chi connectivity index (χ3v) is 6.03. The molecule has 27 heavy (non-hydrogen) atoms. The zero-order valence-electron chi connectivity index (χ0n) is 14.9. The van der Waals surface area contributed by atoms with E-state index < -0.39 is 5.97 Å². The summed E-state index contributed by atoms with van der Waals surface area (Å²) in [6.45, 7) is 5.97. The number of pyridine rings is 1. The summed E-state index contributed by atoms with van der Waals surface area (Å²) in [6, 6.07) is 6.45. The van der Waals surface area contributed by atoms with Crippen LogP contribution >= 0.6 is 22.7 Å². The van der Waals surface area contributed by atoms with Gasteiger partial charge in [0, 0.05) is 11.1 Å². The van der Waals surface area contributed by atoms with E-state index in [-0.39, 0.29) is 5.82 Å². The van der Waals surface area contributed by atoms with Crippen LogP contribution in [-0.4, -0.2) is 22.5 Å². The van der Waals surface area contributed by atoms with E-state index in [1.165, 1.54) is 34.8 Å². The maximum absolute atomic E-state index is 13.5.